The highest BCUT2D eigenvalue weighted by Gasteiger charge is 2.33. The quantitative estimate of drug-likeness (QED) is 0.802. The zero-order valence-electron chi connectivity index (χ0n) is 18.6. The Morgan fingerprint density at radius 3 is 2.27 bits per heavy atom. The lowest BCUT2D eigenvalue weighted by atomic mass is 9.83. The van der Waals surface area contributed by atoms with Crippen molar-refractivity contribution >= 4 is 11.8 Å². The first-order valence-electron chi connectivity index (χ1n) is 11.9. The van der Waals surface area contributed by atoms with Gasteiger partial charge in [-0.1, -0.05) is 25.7 Å². The highest BCUT2D eigenvalue weighted by Crippen LogP contribution is 2.32. The molecule has 2 heterocycles. The van der Waals surface area contributed by atoms with Crippen molar-refractivity contribution in [2.45, 2.75) is 96.4 Å². The summed E-state index contributed by atoms with van der Waals surface area (Å²) in [6.07, 6.45) is 11.6. The lowest BCUT2D eigenvalue weighted by Crippen LogP contribution is -2.44. The average Bonchev–Trinajstić information content (AvgIpc) is 2.70. The molecule has 0 spiro atoms. The van der Waals surface area contributed by atoms with Crippen LogP contribution in [0, 0.1) is 19.8 Å². The van der Waals surface area contributed by atoms with Crippen LogP contribution in [0.4, 0.5) is 0 Å². The summed E-state index contributed by atoms with van der Waals surface area (Å²) in [5, 5.41) is 3.20. The number of nitrogens with zero attached hydrogens (tertiary/aromatic N) is 3. The van der Waals surface area contributed by atoms with Crippen LogP contribution in [0.2, 0.25) is 0 Å². The summed E-state index contributed by atoms with van der Waals surface area (Å²) in [4.78, 5) is 36.9. The number of nitrogens with one attached hydrogen (secondary N) is 1. The molecule has 0 unspecified atom stereocenters. The van der Waals surface area contributed by atoms with Gasteiger partial charge in [-0.05, 0) is 52.4 Å². The smallest absolute Gasteiger partial charge is 0.225 e. The van der Waals surface area contributed by atoms with E-state index in [9.17, 15) is 9.59 Å². The van der Waals surface area contributed by atoms with E-state index < -0.39 is 0 Å². The van der Waals surface area contributed by atoms with Crippen LogP contribution in [0.5, 0.6) is 0 Å². The van der Waals surface area contributed by atoms with E-state index in [-0.39, 0.29) is 17.7 Å². The fourth-order valence-corrected chi connectivity index (χ4v) is 5.19. The van der Waals surface area contributed by atoms with Crippen molar-refractivity contribution in [2.24, 2.45) is 5.92 Å². The van der Waals surface area contributed by atoms with Gasteiger partial charge in [0.25, 0.3) is 0 Å². The summed E-state index contributed by atoms with van der Waals surface area (Å²) in [5.41, 5.74) is 2.75. The minimum Gasteiger partial charge on any atom is -0.353 e. The number of aryl methyl sites for hydroxylation is 2. The number of piperidine rings is 1. The topological polar surface area (TPSA) is 75.2 Å². The van der Waals surface area contributed by atoms with Crippen LogP contribution in [0.3, 0.4) is 0 Å². The third-order valence-electron chi connectivity index (χ3n) is 7.30. The average molecular weight is 413 g/mol. The second-order valence-electron chi connectivity index (χ2n) is 9.56. The summed E-state index contributed by atoms with van der Waals surface area (Å²) in [7, 11) is 0. The molecule has 1 atom stereocenters. The number of carbonyl (C=O) groups is 2. The molecule has 6 heteroatoms. The van der Waals surface area contributed by atoms with E-state index in [1.165, 1.54) is 25.7 Å². The monoisotopic (exact) mass is 412 g/mol. The number of hydrogen-bond acceptors (Lipinski definition) is 4. The van der Waals surface area contributed by atoms with Gasteiger partial charge in [0.15, 0.2) is 0 Å². The van der Waals surface area contributed by atoms with E-state index in [2.05, 4.69) is 5.32 Å². The van der Waals surface area contributed by atoms with Crippen LogP contribution >= 0.6 is 0 Å². The van der Waals surface area contributed by atoms with Gasteiger partial charge in [0.1, 0.15) is 5.82 Å². The van der Waals surface area contributed by atoms with Crippen molar-refractivity contribution in [3.8, 4) is 0 Å². The summed E-state index contributed by atoms with van der Waals surface area (Å²) >= 11 is 0. The van der Waals surface area contributed by atoms with Crippen LogP contribution in [-0.2, 0) is 16.0 Å². The molecule has 30 heavy (non-hydrogen) atoms. The van der Waals surface area contributed by atoms with Crippen molar-refractivity contribution < 1.29 is 9.59 Å². The summed E-state index contributed by atoms with van der Waals surface area (Å²) in [6, 6.07) is 0.327. The van der Waals surface area contributed by atoms with Crippen LogP contribution in [0.15, 0.2) is 0 Å². The second-order valence-corrected chi connectivity index (χ2v) is 9.56. The van der Waals surface area contributed by atoms with Crippen LogP contribution in [0.1, 0.15) is 92.9 Å². The maximum atomic E-state index is 12.7. The molecule has 3 fully saturated rings. The third kappa shape index (κ3) is 4.84. The summed E-state index contributed by atoms with van der Waals surface area (Å²) < 4.78 is 0. The van der Waals surface area contributed by atoms with E-state index >= 15 is 0 Å². The van der Waals surface area contributed by atoms with E-state index in [4.69, 9.17) is 9.97 Å². The molecule has 1 aliphatic heterocycles. The minimum absolute atomic E-state index is 0.0828. The van der Waals surface area contributed by atoms with Crippen LogP contribution in [0.25, 0.3) is 0 Å². The molecule has 0 aromatic carbocycles. The number of hydrogen-bond donors (Lipinski definition) is 1. The predicted octanol–water partition coefficient (Wildman–Crippen LogP) is 3.59. The Morgan fingerprint density at radius 1 is 0.933 bits per heavy atom. The fourth-order valence-electron chi connectivity index (χ4n) is 5.19. The molecule has 3 aliphatic rings. The van der Waals surface area contributed by atoms with E-state index in [1.54, 1.807) is 0 Å². The Kier molecular flexibility index (Phi) is 6.69. The van der Waals surface area contributed by atoms with Crippen LogP contribution < -0.4 is 5.32 Å². The Labute approximate surface area is 180 Å². The Hall–Kier alpha value is -1.98. The normalized spacial score (nSPS) is 23.1. The van der Waals surface area contributed by atoms with Crippen molar-refractivity contribution in [1.82, 2.24) is 20.2 Å². The number of rotatable bonds is 5. The first-order valence-corrected chi connectivity index (χ1v) is 11.9. The molecule has 0 radical (unpaired) electrons. The van der Waals surface area contributed by atoms with E-state index in [1.807, 2.05) is 18.7 Å². The van der Waals surface area contributed by atoms with Gasteiger partial charge >= 0.3 is 0 Å². The summed E-state index contributed by atoms with van der Waals surface area (Å²) in [5.74, 6) is 1.70. The van der Waals surface area contributed by atoms with E-state index in [0.717, 1.165) is 74.4 Å². The molecule has 2 amide bonds. The number of carbonyl (C=O) groups excluding carboxylic acids is 2. The fraction of sp³-hybridized carbons (Fsp3) is 0.750. The first kappa shape index (κ1) is 21.3. The molecule has 1 saturated heterocycles. The minimum atomic E-state index is 0.0828. The zero-order valence-corrected chi connectivity index (χ0v) is 18.6. The molecule has 2 saturated carbocycles. The number of amides is 2. The van der Waals surface area contributed by atoms with Crippen molar-refractivity contribution in [2.75, 3.05) is 13.1 Å². The first-order chi connectivity index (χ1) is 14.5. The van der Waals surface area contributed by atoms with Gasteiger partial charge in [0.2, 0.25) is 11.8 Å². The maximum Gasteiger partial charge on any atom is 0.225 e. The molecule has 164 valence electrons. The molecule has 6 nitrogen and oxygen atoms in total. The molecule has 2 aliphatic carbocycles. The summed E-state index contributed by atoms with van der Waals surface area (Å²) in [6.45, 7) is 5.57. The second kappa shape index (κ2) is 9.44. The highest BCUT2D eigenvalue weighted by atomic mass is 16.2. The number of aromatic nitrogens is 2. The maximum absolute atomic E-state index is 12.7. The Balaban J connectivity index is 1.40. The van der Waals surface area contributed by atoms with Gasteiger partial charge in [-0.2, -0.15) is 0 Å². The van der Waals surface area contributed by atoms with Gasteiger partial charge in [0.05, 0.1) is 6.42 Å². The SMILES string of the molecule is Cc1nc([C@@H]2CCCN(C(=O)C3CCC3)C2)nc(C)c1CC(=O)NC1CCCCC1. The molecule has 4 rings (SSSR count). The molecular weight excluding hydrogens is 376 g/mol. The van der Waals surface area contributed by atoms with Crippen molar-refractivity contribution in [1.29, 1.82) is 0 Å². The lowest BCUT2D eigenvalue weighted by molar-refractivity contribution is -0.139. The van der Waals surface area contributed by atoms with Crippen molar-refractivity contribution in [3.63, 3.8) is 0 Å². The van der Waals surface area contributed by atoms with Gasteiger partial charge in [-0.25, -0.2) is 9.97 Å². The molecule has 0 bridgehead atoms. The lowest BCUT2D eigenvalue weighted by Gasteiger charge is -2.37. The largest absolute Gasteiger partial charge is 0.353 e. The molecule has 1 N–H and O–H groups in total. The third-order valence-corrected chi connectivity index (χ3v) is 7.30. The zero-order chi connectivity index (χ0) is 21.1. The standard InChI is InChI=1S/C24H36N4O2/c1-16-21(14-22(29)27-20-11-4-3-5-12-20)17(2)26-23(25-16)19-10-7-13-28(15-19)24(30)18-8-6-9-18/h18-20H,3-15H2,1-2H3,(H,27,29)/t19-/m1/s1. The molecular formula is C24H36N4O2. The Bertz CT molecular complexity index is 760. The van der Waals surface area contributed by atoms with Crippen molar-refractivity contribution in [3.05, 3.63) is 22.8 Å². The predicted molar refractivity (Wildman–Crippen MR) is 116 cm³/mol. The van der Waals surface area contributed by atoms with E-state index in [0.29, 0.717) is 18.4 Å². The molecule has 1 aromatic rings. The highest BCUT2D eigenvalue weighted by molar-refractivity contribution is 5.80. The molecule has 1 aromatic heterocycles. The van der Waals surface area contributed by atoms with Gasteiger partial charge in [-0.15, -0.1) is 0 Å². The Morgan fingerprint density at radius 2 is 1.63 bits per heavy atom. The number of likely N-dealkylation sites (tertiary alicyclic amines) is 1. The van der Waals surface area contributed by atoms with Gasteiger partial charge in [0, 0.05) is 47.9 Å². The van der Waals surface area contributed by atoms with Crippen LogP contribution in [-0.4, -0.2) is 45.8 Å². The van der Waals surface area contributed by atoms with Gasteiger partial charge < -0.3 is 10.2 Å². The van der Waals surface area contributed by atoms with Gasteiger partial charge in [-0.3, -0.25) is 9.59 Å².